The summed E-state index contributed by atoms with van der Waals surface area (Å²) in [5.74, 6) is -0.932. The molecular formula is C37H54N2O12. The lowest BCUT2D eigenvalue weighted by molar-refractivity contribution is -0.0245. The maximum absolute atomic E-state index is 12.3. The monoisotopic (exact) mass is 718 g/mol. The van der Waals surface area contributed by atoms with E-state index in [1.54, 1.807) is 36.4 Å². The lowest BCUT2D eigenvalue weighted by Crippen LogP contribution is -2.33. The summed E-state index contributed by atoms with van der Waals surface area (Å²) in [4.78, 5) is 38.0. The number of esters is 1. The summed E-state index contributed by atoms with van der Waals surface area (Å²) in [6.45, 7) is 10.1. The van der Waals surface area contributed by atoms with Crippen molar-refractivity contribution in [2.75, 3.05) is 131 Å². The lowest BCUT2D eigenvalue weighted by Gasteiger charge is -2.13. The number of carbonyl (C=O) groups is 3. The standard InChI is InChI=1S/C37H54N2O12/c1-2-3-12-38-32-10-8-31(9-11-32)37(42)51-30-29-50-28-27-49-26-25-48-24-23-47-22-21-46-20-19-45-18-17-44-16-15-43-14-13-39-35(40)33-6-4-5-7-34(33)36(39)41/h4-11,38H,2-3,12-30H2,1H3. The molecule has 2 aromatic rings. The third-order valence-electron chi connectivity index (χ3n) is 7.38. The number of nitrogens with one attached hydrogen (secondary N) is 1. The number of carbonyl (C=O) groups excluding carboxylic acids is 3. The molecule has 0 fully saturated rings. The van der Waals surface area contributed by atoms with E-state index in [4.69, 9.17) is 42.6 Å². The van der Waals surface area contributed by atoms with Crippen molar-refractivity contribution >= 4 is 23.5 Å². The normalized spacial score (nSPS) is 12.5. The van der Waals surface area contributed by atoms with Gasteiger partial charge in [0.1, 0.15) is 6.61 Å². The molecule has 0 unspecified atom stereocenters. The van der Waals surface area contributed by atoms with Crippen LogP contribution in [0.15, 0.2) is 48.5 Å². The van der Waals surface area contributed by atoms with Crippen LogP contribution in [0.25, 0.3) is 0 Å². The number of unbranched alkanes of at least 4 members (excludes halogenated alkanes) is 1. The summed E-state index contributed by atoms with van der Waals surface area (Å²) in [6.07, 6.45) is 2.23. The van der Waals surface area contributed by atoms with Crippen LogP contribution in [-0.2, 0) is 42.6 Å². The smallest absolute Gasteiger partial charge is 0.338 e. The summed E-state index contributed by atoms with van der Waals surface area (Å²) < 4.78 is 49.0. The van der Waals surface area contributed by atoms with Gasteiger partial charge in [0.15, 0.2) is 0 Å². The number of rotatable bonds is 32. The fraction of sp³-hybridized carbons (Fsp3) is 0.595. The van der Waals surface area contributed by atoms with Gasteiger partial charge in [-0.05, 0) is 42.8 Å². The number of fused-ring (bicyclic) bond motifs is 1. The third kappa shape index (κ3) is 17.5. The first-order chi connectivity index (χ1) is 25.1. The summed E-state index contributed by atoms with van der Waals surface area (Å²) >= 11 is 0. The van der Waals surface area contributed by atoms with Crippen LogP contribution in [0.2, 0.25) is 0 Å². The zero-order valence-electron chi connectivity index (χ0n) is 29.8. The molecule has 1 aliphatic heterocycles. The Morgan fingerprint density at radius 2 is 0.941 bits per heavy atom. The van der Waals surface area contributed by atoms with E-state index in [0.29, 0.717) is 116 Å². The first-order valence-corrected chi connectivity index (χ1v) is 17.7. The second kappa shape index (κ2) is 27.2. The first-order valence-electron chi connectivity index (χ1n) is 17.7. The number of amides is 2. The highest BCUT2D eigenvalue weighted by molar-refractivity contribution is 6.21. The number of hydrogen-bond donors (Lipinski definition) is 1. The Kier molecular flexibility index (Phi) is 22.4. The molecule has 1 N–H and O–H groups in total. The molecule has 0 aromatic heterocycles. The maximum atomic E-state index is 12.3. The van der Waals surface area contributed by atoms with E-state index in [9.17, 15) is 14.4 Å². The van der Waals surface area contributed by atoms with E-state index in [1.807, 2.05) is 12.1 Å². The van der Waals surface area contributed by atoms with Crippen molar-refractivity contribution in [1.29, 1.82) is 0 Å². The summed E-state index contributed by atoms with van der Waals surface area (Å²) in [7, 11) is 0. The Labute approximate surface area is 300 Å². The Hall–Kier alpha value is -3.47. The molecule has 0 radical (unpaired) electrons. The van der Waals surface area contributed by atoms with Crippen molar-refractivity contribution in [3.05, 3.63) is 65.2 Å². The summed E-state index contributed by atoms with van der Waals surface area (Å²) in [5.41, 5.74) is 2.38. The Morgan fingerprint density at radius 1 is 0.549 bits per heavy atom. The number of nitrogens with zero attached hydrogens (tertiary/aromatic N) is 1. The molecule has 0 aliphatic carbocycles. The number of imide groups is 1. The zero-order valence-corrected chi connectivity index (χ0v) is 29.8. The second-order valence-electron chi connectivity index (χ2n) is 11.2. The van der Waals surface area contributed by atoms with Crippen molar-refractivity contribution < 1.29 is 57.0 Å². The van der Waals surface area contributed by atoms with Crippen molar-refractivity contribution in [1.82, 2.24) is 4.90 Å². The number of anilines is 1. The average Bonchev–Trinajstić information content (AvgIpc) is 3.39. The van der Waals surface area contributed by atoms with Crippen LogP contribution < -0.4 is 5.32 Å². The van der Waals surface area contributed by atoms with Gasteiger partial charge in [-0.1, -0.05) is 25.5 Å². The van der Waals surface area contributed by atoms with Gasteiger partial charge in [0.05, 0.1) is 129 Å². The molecule has 284 valence electrons. The third-order valence-corrected chi connectivity index (χ3v) is 7.38. The fourth-order valence-electron chi connectivity index (χ4n) is 4.65. The lowest BCUT2D eigenvalue weighted by atomic mass is 10.1. The molecular weight excluding hydrogens is 664 g/mol. The predicted octanol–water partition coefficient (Wildman–Crippen LogP) is 3.48. The molecule has 0 bridgehead atoms. The average molecular weight is 719 g/mol. The molecule has 2 amide bonds. The van der Waals surface area contributed by atoms with Crippen LogP contribution in [0, 0.1) is 0 Å². The SMILES string of the molecule is CCCCNc1ccc(C(=O)OCCOCCOCCOCCOCCOCCOCCOCCOCCN2C(=O)c3ccccc3C2=O)cc1. The molecule has 1 heterocycles. The van der Waals surface area contributed by atoms with Crippen molar-refractivity contribution in [2.45, 2.75) is 19.8 Å². The van der Waals surface area contributed by atoms with Crippen LogP contribution in [0.1, 0.15) is 50.8 Å². The van der Waals surface area contributed by atoms with E-state index in [2.05, 4.69) is 12.2 Å². The molecule has 0 saturated carbocycles. The van der Waals surface area contributed by atoms with E-state index in [1.165, 1.54) is 4.90 Å². The highest BCUT2D eigenvalue weighted by atomic mass is 16.6. The van der Waals surface area contributed by atoms with Gasteiger partial charge in [0.25, 0.3) is 11.8 Å². The molecule has 2 aromatic carbocycles. The predicted molar refractivity (Wildman–Crippen MR) is 188 cm³/mol. The minimum Gasteiger partial charge on any atom is -0.460 e. The molecule has 3 rings (SSSR count). The van der Waals surface area contributed by atoms with Crippen LogP contribution in [0.5, 0.6) is 0 Å². The van der Waals surface area contributed by atoms with Gasteiger partial charge in [0, 0.05) is 12.2 Å². The minimum atomic E-state index is -0.369. The molecule has 1 aliphatic rings. The molecule has 51 heavy (non-hydrogen) atoms. The topological polar surface area (TPSA) is 150 Å². The Morgan fingerprint density at radius 3 is 1.35 bits per heavy atom. The maximum Gasteiger partial charge on any atom is 0.338 e. The number of hydrogen-bond acceptors (Lipinski definition) is 13. The summed E-state index contributed by atoms with van der Waals surface area (Å²) in [6, 6.07) is 14.1. The van der Waals surface area contributed by atoms with Gasteiger partial charge in [-0.2, -0.15) is 0 Å². The fourth-order valence-corrected chi connectivity index (χ4v) is 4.65. The van der Waals surface area contributed by atoms with Crippen LogP contribution in [0.4, 0.5) is 5.69 Å². The Bertz CT molecular complexity index is 1210. The molecule has 0 spiro atoms. The van der Waals surface area contributed by atoms with Gasteiger partial charge in [-0.3, -0.25) is 14.5 Å². The largest absolute Gasteiger partial charge is 0.460 e. The molecule has 0 saturated heterocycles. The first kappa shape index (κ1) is 41.9. The van der Waals surface area contributed by atoms with Gasteiger partial charge in [-0.15, -0.1) is 0 Å². The van der Waals surface area contributed by atoms with Crippen LogP contribution in [0.3, 0.4) is 0 Å². The van der Waals surface area contributed by atoms with Crippen LogP contribution in [-0.4, -0.2) is 148 Å². The minimum absolute atomic E-state index is 0.181. The van der Waals surface area contributed by atoms with Gasteiger partial charge >= 0.3 is 5.97 Å². The number of ether oxygens (including phenoxy) is 9. The van der Waals surface area contributed by atoms with E-state index in [-0.39, 0.29) is 37.5 Å². The highest BCUT2D eigenvalue weighted by Gasteiger charge is 2.34. The Balaban J connectivity index is 0.962. The van der Waals surface area contributed by atoms with Crippen LogP contribution >= 0.6 is 0 Å². The van der Waals surface area contributed by atoms with Crippen molar-refractivity contribution in [3.8, 4) is 0 Å². The highest BCUT2D eigenvalue weighted by Crippen LogP contribution is 2.21. The van der Waals surface area contributed by atoms with E-state index in [0.717, 1.165) is 25.1 Å². The van der Waals surface area contributed by atoms with Gasteiger partial charge in [0.2, 0.25) is 0 Å². The van der Waals surface area contributed by atoms with Crippen molar-refractivity contribution in [2.24, 2.45) is 0 Å². The second-order valence-corrected chi connectivity index (χ2v) is 11.2. The van der Waals surface area contributed by atoms with E-state index >= 15 is 0 Å². The molecule has 14 nitrogen and oxygen atoms in total. The number of benzene rings is 2. The van der Waals surface area contributed by atoms with Gasteiger partial charge in [-0.25, -0.2) is 4.79 Å². The van der Waals surface area contributed by atoms with Gasteiger partial charge < -0.3 is 47.9 Å². The quantitative estimate of drug-likeness (QED) is 0.0669. The summed E-state index contributed by atoms with van der Waals surface area (Å²) in [5, 5.41) is 3.31. The molecule has 14 heteroatoms. The van der Waals surface area contributed by atoms with E-state index < -0.39 is 0 Å². The zero-order chi connectivity index (χ0) is 36.2. The molecule has 0 atom stereocenters. The van der Waals surface area contributed by atoms with Crippen molar-refractivity contribution in [3.63, 3.8) is 0 Å².